The van der Waals surface area contributed by atoms with E-state index < -0.39 is 0 Å². The van der Waals surface area contributed by atoms with Crippen molar-refractivity contribution in [2.24, 2.45) is 0 Å². The summed E-state index contributed by atoms with van der Waals surface area (Å²) in [6, 6.07) is 12.3. The number of nitrogens with zero attached hydrogens (tertiary/aromatic N) is 1. The van der Waals surface area contributed by atoms with Gasteiger partial charge in [-0.15, -0.1) is 0 Å². The standard InChI is InChI=1S/C23H29NO5/c1-3-26-22-11-17(6-8-20(22)25-2)13-24(15-19-5-4-10-27-19)14-18-7-9-21-23(12-18)29-16-28-21/h6-9,11-12,19H,3-5,10,13-16H2,1-2H3/t19-/m0/s1. The zero-order valence-corrected chi connectivity index (χ0v) is 17.2. The van der Waals surface area contributed by atoms with Crippen molar-refractivity contribution in [2.45, 2.75) is 39.0 Å². The van der Waals surface area contributed by atoms with Gasteiger partial charge in [-0.2, -0.15) is 0 Å². The van der Waals surface area contributed by atoms with E-state index in [2.05, 4.69) is 29.2 Å². The van der Waals surface area contributed by atoms with E-state index >= 15 is 0 Å². The van der Waals surface area contributed by atoms with Crippen LogP contribution in [0.1, 0.15) is 30.9 Å². The Morgan fingerprint density at radius 2 is 1.79 bits per heavy atom. The van der Waals surface area contributed by atoms with Gasteiger partial charge in [-0.3, -0.25) is 4.90 Å². The zero-order valence-electron chi connectivity index (χ0n) is 17.2. The molecule has 0 radical (unpaired) electrons. The highest BCUT2D eigenvalue weighted by Gasteiger charge is 2.21. The van der Waals surface area contributed by atoms with Crippen LogP contribution in [0.3, 0.4) is 0 Å². The molecule has 2 aliphatic heterocycles. The first-order valence-corrected chi connectivity index (χ1v) is 10.3. The molecule has 29 heavy (non-hydrogen) atoms. The number of benzene rings is 2. The Labute approximate surface area is 172 Å². The minimum Gasteiger partial charge on any atom is -0.493 e. The molecule has 0 spiro atoms. The largest absolute Gasteiger partial charge is 0.493 e. The van der Waals surface area contributed by atoms with Gasteiger partial charge >= 0.3 is 0 Å². The summed E-state index contributed by atoms with van der Waals surface area (Å²) in [7, 11) is 1.67. The first-order chi connectivity index (χ1) is 14.2. The number of ether oxygens (including phenoxy) is 5. The van der Waals surface area contributed by atoms with Crippen molar-refractivity contribution < 1.29 is 23.7 Å². The molecule has 1 fully saturated rings. The molecular weight excluding hydrogens is 370 g/mol. The van der Waals surface area contributed by atoms with Crippen LogP contribution in [-0.4, -0.2) is 44.7 Å². The van der Waals surface area contributed by atoms with Crippen molar-refractivity contribution >= 4 is 0 Å². The monoisotopic (exact) mass is 399 g/mol. The lowest BCUT2D eigenvalue weighted by Gasteiger charge is -2.26. The Morgan fingerprint density at radius 3 is 2.55 bits per heavy atom. The van der Waals surface area contributed by atoms with Crippen molar-refractivity contribution in [3.05, 3.63) is 47.5 Å². The summed E-state index contributed by atoms with van der Waals surface area (Å²) in [4.78, 5) is 2.42. The van der Waals surface area contributed by atoms with E-state index in [1.807, 2.05) is 19.1 Å². The van der Waals surface area contributed by atoms with Crippen LogP contribution in [0, 0.1) is 0 Å². The summed E-state index contributed by atoms with van der Waals surface area (Å²) < 4.78 is 28.1. The fraction of sp³-hybridized carbons (Fsp3) is 0.478. The molecule has 2 aromatic carbocycles. The number of rotatable bonds is 9. The maximum atomic E-state index is 5.90. The molecule has 0 bridgehead atoms. The third kappa shape index (κ3) is 4.95. The zero-order chi connectivity index (χ0) is 20.1. The van der Waals surface area contributed by atoms with Crippen LogP contribution in [0.2, 0.25) is 0 Å². The van der Waals surface area contributed by atoms with Crippen LogP contribution >= 0.6 is 0 Å². The van der Waals surface area contributed by atoms with Crippen molar-refractivity contribution in [1.82, 2.24) is 4.90 Å². The predicted octanol–water partition coefficient (Wildman–Crippen LogP) is 4.00. The smallest absolute Gasteiger partial charge is 0.231 e. The quantitative estimate of drug-likeness (QED) is 0.635. The second-order valence-electron chi connectivity index (χ2n) is 7.41. The van der Waals surface area contributed by atoms with E-state index in [4.69, 9.17) is 23.7 Å². The fourth-order valence-electron chi connectivity index (χ4n) is 3.90. The molecule has 2 aliphatic rings. The van der Waals surface area contributed by atoms with E-state index in [9.17, 15) is 0 Å². The van der Waals surface area contributed by atoms with Gasteiger partial charge < -0.3 is 23.7 Å². The van der Waals surface area contributed by atoms with Gasteiger partial charge in [0.25, 0.3) is 0 Å². The third-order valence-corrected chi connectivity index (χ3v) is 5.26. The molecule has 1 atom stereocenters. The maximum absolute atomic E-state index is 5.90. The predicted molar refractivity (Wildman–Crippen MR) is 110 cm³/mol. The summed E-state index contributed by atoms with van der Waals surface area (Å²) in [5, 5.41) is 0. The first-order valence-electron chi connectivity index (χ1n) is 10.3. The molecule has 4 rings (SSSR count). The minimum absolute atomic E-state index is 0.286. The molecule has 1 saturated heterocycles. The Bertz CT molecular complexity index is 819. The van der Waals surface area contributed by atoms with E-state index in [-0.39, 0.29) is 6.10 Å². The highest BCUT2D eigenvalue weighted by Crippen LogP contribution is 2.33. The highest BCUT2D eigenvalue weighted by molar-refractivity contribution is 5.45. The average Bonchev–Trinajstić information content (AvgIpc) is 3.40. The number of hydrogen-bond donors (Lipinski definition) is 0. The van der Waals surface area contributed by atoms with Gasteiger partial charge in [-0.1, -0.05) is 12.1 Å². The van der Waals surface area contributed by atoms with Crippen LogP contribution in [-0.2, 0) is 17.8 Å². The van der Waals surface area contributed by atoms with Crippen LogP contribution in [0.5, 0.6) is 23.0 Å². The molecule has 6 nitrogen and oxygen atoms in total. The molecular formula is C23H29NO5. The van der Waals surface area contributed by atoms with Gasteiger partial charge in [0, 0.05) is 26.2 Å². The summed E-state index contributed by atoms with van der Waals surface area (Å²) >= 11 is 0. The second kappa shape index (κ2) is 9.37. The van der Waals surface area contributed by atoms with E-state index in [0.29, 0.717) is 13.4 Å². The highest BCUT2D eigenvalue weighted by atomic mass is 16.7. The topological polar surface area (TPSA) is 49.4 Å². The van der Waals surface area contributed by atoms with Crippen molar-refractivity contribution in [1.29, 1.82) is 0 Å². The van der Waals surface area contributed by atoms with E-state index in [0.717, 1.165) is 62.1 Å². The molecule has 0 aromatic heterocycles. The fourth-order valence-corrected chi connectivity index (χ4v) is 3.90. The number of methoxy groups -OCH3 is 1. The van der Waals surface area contributed by atoms with Crippen LogP contribution in [0.4, 0.5) is 0 Å². The second-order valence-corrected chi connectivity index (χ2v) is 7.41. The van der Waals surface area contributed by atoms with E-state index in [1.54, 1.807) is 7.11 Å². The lowest BCUT2D eigenvalue weighted by atomic mass is 10.1. The molecule has 0 saturated carbocycles. The average molecular weight is 399 g/mol. The summed E-state index contributed by atoms with van der Waals surface area (Å²) in [5.41, 5.74) is 2.39. The molecule has 0 unspecified atom stereocenters. The van der Waals surface area contributed by atoms with Crippen LogP contribution in [0.25, 0.3) is 0 Å². The van der Waals surface area contributed by atoms with Gasteiger partial charge in [-0.05, 0) is 55.2 Å². The number of hydrogen-bond acceptors (Lipinski definition) is 6. The Hall–Kier alpha value is -2.44. The first kappa shape index (κ1) is 19.9. The molecule has 6 heteroatoms. The number of fused-ring (bicyclic) bond motifs is 1. The van der Waals surface area contributed by atoms with Gasteiger partial charge in [0.1, 0.15) is 0 Å². The molecule has 0 N–H and O–H groups in total. The molecule has 2 aromatic rings. The Balaban J connectivity index is 1.51. The lowest BCUT2D eigenvalue weighted by molar-refractivity contribution is 0.0678. The Morgan fingerprint density at radius 1 is 1.00 bits per heavy atom. The molecule has 0 aliphatic carbocycles. The normalized spacial score (nSPS) is 17.7. The lowest BCUT2D eigenvalue weighted by Crippen LogP contribution is -2.31. The van der Waals surface area contributed by atoms with Gasteiger partial charge in [0.15, 0.2) is 23.0 Å². The Kier molecular flexibility index (Phi) is 6.42. The minimum atomic E-state index is 0.286. The molecule has 2 heterocycles. The van der Waals surface area contributed by atoms with Crippen LogP contribution < -0.4 is 18.9 Å². The molecule has 156 valence electrons. The van der Waals surface area contributed by atoms with Gasteiger partial charge in [-0.25, -0.2) is 0 Å². The third-order valence-electron chi connectivity index (χ3n) is 5.26. The van der Waals surface area contributed by atoms with Gasteiger partial charge in [0.2, 0.25) is 6.79 Å². The van der Waals surface area contributed by atoms with Crippen molar-refractivity contribution in [3.8, 4) is 23.0 Å². The van der Waals surface area contributed by atoms with Crippen LogP contribution in [0.15, 0.2) is 36.4 Å². The SMILES string of the molecule is CCOc1cc(CN(Cc2ccc3c(c2)OCO3)C[C@@H]2CCCO2)ccc1OC. The van der Waals surface area contributed by atoms with Crippen molar-refractivity contribution in [2.75, 3.05) is 33.7 Å². The van der Waals surface area contributed by atoms with E-state index in [1.165, 1.54) is 11.1 Å². The summed E-state index contributed by atoms with van der Waals surface area (Å²) in [5.74, 6) is 3.18. The molecule has 0 amide bonds. The maximum Gasteiger partial charge on any atom is 0.231 e. The summed E-state index contributed by atoms with van der Waals surface area (Å²) in [6.07, 6.45) is 2.54. The van der Waals surface area contributed by atoms with Gasteiger partial charge in [0.05, 0.1) is 19.8 Å². The van der Waals surface area contributed by atoms with Crippen molar-refractivity contribution in [3.63, 3.8) is 0 Å². The summed E-state index contributed by atoms with van der Waals surface area (Å²) in [6.45, 7) is 6.26.